The van der Waals surface area contributed by atoms with Gasteiger partial charge in [0, 0.05) is 31.7 Å². The molecular formula is C27H36IN5O. The average Bonchev–Trinajstić information content (AvgIpc) is 3.50. The number of hydrogen-bond acceptors (Lipinski definition) is 4. The van der Waals surface area contributed by atoms with Crippen LogP contribution in [0.3, 0.4) is 0 Å². The number of oxazole rings is 1. The van der Waals surface area contributed by atoms with Crippen LogP contribution in [0, 0.1) is 12.8 Å². The first-order valence-corrected chi connectivity index (χ1v) is 12.0. The van der Waals surface area contributed by atoms with E-state index in [1.807, 2.05) is 12.1 Å². The number of hydrogen-bond donors (Lipinski definition) is 2. The molecule has 2 N–H and O–H groups in total. The Morgan fingerprint density at radius 3 is 2.68 bits per heavy atom. The van der Waals surface area contributed by atoms with Gasteiger partial charge in [0.15, 0.2) is 5.96 Å². The van der Waals surface area contributed by atoms with Crippen molar-refractivity contribution in [2.45, 2.75) is 33.2 Å². The Kier molecular flexibility index (Phi) is 10.4. The lowest BCUT2D eigenvalue weighted by Gasteiger charge is -2.17. The van der Waals surface area contributed by atoms with E-state index in [4.69, 9.17) is 9.41 Å². The van der Waals surface area contributed by atoms with E-state index in [-0.39, 0.29) is 24.0 Å². The summed E-state index contributed by atoms with van der Waals surface area (Å²) in [4.78, 5) is 11.9. The zero-order valence-electron chi connectivity index (χ0n) is 20.2. The molecule has 0 bridgehead atoms. The van der Waals surface area contributed by atoms with Gasteiger partial charge in [-0.2, -0.15) is 0 Å². The van der Waals surface area contributed by atoms with Gasteiger partial charge in [0.25, 0.3) is 0 Å². The molecule has 2 heterocycles. The Bertz CT molecular complexity index is 1020. The maximum absolute atomic E-state index is 5.66. The smallest absolute Gasteiger partial charge is 0.226 e. The molecule has 0 radical (unpaired) electrons. The molecule has 0 saturated carbocycles. The highest BCUT2D eigenvalue weighted by atomic mass is 127. The summed E-state index contributed by atoms with van der Waals surface area (Å²) in [5, 5.41) is 6.87. The van der Waals surface area contributed by atoms with Crippen molar-refractivity contribution in [3.63, 3.8) is 0 Å². The lowest BCUT2D eigenvalue weighted by molar-refractivity contribution is 0.328. The lowest BCUT2D eigenvalue weighted by atomic mass is 10.1. The highest BCUT2D eigenvalue weighted by Gasteiger charge is 2.22. The van der Waals surface area contributed by atoms with Gasteiger partial charge in [0.2, 0.25) is 5.89 Å². The Morgan fingerprint density at radius 2 is 1.91 bits per heavy atom. The van der Waals surface area contributed by atoms with Crippen molar-refractivity contribution >= 4 is 29.9 Å². The van der Waals surface area contributed by atoms with Crippen LogP contribution in [0.2, 0.25) is 0 Å². The average molecular weight is 574 g/mol. The fourth-order valence-corrected chi connectivity index (χ4v) is 4.17. The first kappa shape index (κ1) is 26.2. The van der Waals surface area contributed by atoms with Crippen LogP contribution in [-0.2, 0) is 13.0 Å². The minimum atomic E-state index is 0. The number of halogens is 1. The van der Waals surface area contributed by atoms with Crippen LogP contribution in [0.5, 0.6) is 0 Å². The summed E-state index contributed by atoms with van der Waals surface area (Å²) in [7, 11) is 0. The minimum Gasteiger partial charge on any atom is -0.444 e. The number of benzene rings is 2. The standard InChI is InChI=1S/C27H35N5O.HI/c1-3-28-27(30-18-25-20-33-26(31-25)24-11-9-21(2)10-12-24)29-17-23-14-16-32(19-23)15-13-22-7-5-4-6-8-22;/h4-12,20,23H,3,13-19H2,1-2H3,(H2,28,29,30);1H. The molecule has 1 atom stereocenters. The van der Waals surface area contributed by atoms with E-state index < -0.39 is 0 Å². The molecule has 1 unspecified atom stereocenters. The number of rotatable bonds is 9. The van der Waals surface area contributed by atoms with E-state index in [2.05, 4.69) is 76.8 Å². The van der Waals surface area contributed by atoms with Gasteiger partial charge in [-0.25, -0.2) is 9.98 Å². The first-order chi connectivity index (χ1) is 16.2. The third-order valence-electron chi connectivity index (χ3n) is 6.08. The van der Waals surface area contributed by atoms with Gasteiger partial charge in [-0.3, -0.25) is 0 Å². The number of guanidine groups is 1. The topological polar surface area (TPSA) is 65.7 Å². The van der Waals surface area contributed by atoms with E-state index in [1.165, 1.54) is 24.1 Å². The predicted molar refractivity (Wildman–Crippen MR) is 150 cm³/mol. The number of aryl methyl sites for hydroxylation is 1. The van der Waals surface area contributed by atoms with Gasteiger partial charge in [-0.1, -0.05) is 48.0 Å². The second kappa shape index (κ2) is 13.5. The molecule has 1 aliphatic rings. The molecule has 2 aromatic carbocycles. The summed E-state index contributed by atoms with van der Waals surface area (Å²) < 4.78 is 5.66. The van der Waals surface area contributed by atoms with Gasteiger partial charge in [0.1, 0.15) is 12.0 Å². The highest BCUT2D eigenvalue weighted by Crippen LogP contribution is 2.19. The van der Waals surface area contributed by atoms with Crippen LogP contribution in [0.1, 0.15) is 30.2 Å². The second-order valence-electron chi connectivity index (χ2n) is 8.78. The molecule has 1 fully saturated rings. The van der Waals surface area contributed by atoms with Gasteiger partial charge in [-0.15, -0.1) is 24.0 Å². The molecule has 0 amide bonds. The third-order valence-corrected chi connectivity index (χ3v) is 6.08. The van der Waals surface area contributed by atoms with Crippen LogP contribution in [-0.4, -0.2) is 48.6 Å². The maximum atomic E-state index is 5.66. The molecule has 34 heavy (non-hydrogen) atoms. The molecular weight excluding hydrogens is 537 g/mol. The third kappa shape index (κ3) is 7.84. The summed E-state index contributed by atoms with van der Waals surface area (Å²) >= 11 is 0. The quantitative estimate of drug-likeness (QED) is 0.217. The van der Waals surface area contributed by atoms with Crippen molar-refractivity contribution in [1.29, 1.82) is 0 Å². The van der Waals surface area contributed by atoms with E-state index in [0.29, 0.717) is 18.4 Å². The van der Waals surface area contributed by atoms with Crippen LogP contribution in [0.15, 0.2) is 70.3 Å². The number of aliphatic imine (C=N–C) groups is 1. The van der Waals surface area contributed by atoms with Crippen molar-refractivity contribution in [2.75, 3.05) is 32.7 Å². The Morgan fingerprint density at radius 1 is 1.12 bits per heavy atom. The molecule has 4 rings (SSSR count). The van der Waals surface area contributed by atoms with Crippen molar-refractivity contribution < 1.29 is 4.42 Å². The molecule has 1 aliphatic heterocycles. The molecule has 1 aromatic heterocycles. The Hall–Kier alpha value is -2.39. The number of likely N-dealkylation sites (tertiary alicyclic amines) is 1. The Labute approximate surface area is 220 Å². The summed E-state index contributed by atoms with van der Waals surface area (Å²) in [6.07, 6.45) is 4.04. The molecule has 3 aromatic rings. The summed E-state index contributed by atoms with van der Waals surface area (Å²) in [6.45, 7) is 9.85. The minimum absolute atomic E-state index is 0. The zero-order valence-corrected chi connectivity index (χ0v) is 22.5. The van der Waals surface area contributed by atoms with Gasteiger partial charge in [0.05, 0.1) is 6.54 Å². The maximum Gasteiger partial charge on any atom is 0.226 e. The fourth-order valence-electron chi connectivity index (χ4n) is 4.17. The van der Waals surface area contributed by atoms with Crippen LogP contribution >= 0.6 is 24.0 Å². The lowest BCUT2D eigenvalue weighted by Crippen LogP contribution is -2.40. The van der Waals surface area contributed by atoms with Gasteiger partial charge >= 0.3 is 0 Å². The van der Waals surface area contributed by atoms with E-state index >= 15 is 0 Å². The zero-order chi connectivity index (χ0) is 22.9. The van der Waals surface area contributed by atoms with E-state index in [1.54, 1.807) is 6.26 Å². The van der Waals surface area contributed by atoms with Crippen LogP contribution < -0.4 is 10.6 Å². The van der Waals surface area contributed by atoms with Gasteiger partial charge in [-0.05, 0) is 56.8 Å². The molecule has 0 spiro atoms. The van der Waals surface area contributed by atoms with E-state index in [0.717, 1.165) is 49.8 Å². The largest absolute Gasteiger partial charge is 0.444 e. The van der Waals surface area contributed by atoms with Gasteiger partial charge < -0.3 is 20.0 Å². The van der Waals surface area contributed by atoms with Crippen molar-refractivity contribution in [3.05, 3.63) is 77.7 Å². The number of nitrogens with one attached hydrogen (secondary N) is 2. The van der Waals surface area contributed by atoms with Crippen LogP contribution in [0.25, 0.3) is 11.5 Å². The predicted octanol–water partition coefficient (Wildman–Crippen LogP) is 4.89. The highest BCUT2D eigenvalue weighted by molar-refractivity contribution is 14.0. The molecule has 1 saturated heterocycles. The summed E-state index contributed by atoms with van der Waals surface area (Å²) in [5.74, 6) is 2.12. The summed E-state index contributed by atoms with van der Waals surface area (Å²) in [5.41, 5.74) is 4.45. The normalized spacial score (nSPS) is 16.3. The molecule has 182 valence electrons. The number of aromatic nitrogens is 1. The molecule has 0 aliphatic carbocycles. The van der Waals surface area contributed by atoms with Crippen molar-refractivity contribution in [3.8, 4) is 11.5 Å². The second-order valence-corrected chi connectivity index (χ2v) is 8.78. The molecule has 7 heteroatoms. The van der Waals surface area contributed by atoms with Crippen molar-refractivity contribution in [2.24, 2.45) is 10.9 Å². The molecule has 6 nitrogen and oxygen atoms in total. The van der Waals surface area contributed by atoms with Crippen LogP contribution in [0.4, 0.5) is 0 Å². The van der Waals surface area contributed by atoms with E-state index in [9.17, 15) is 0 Å². The number of nitrogens with zero attached hydrogens (tertiary/aromatic N) is 3. The monoisotopic (exact) mass is 573 g/mol. The fraction of sp³-hybridized carbons (Fsp3) is 0.407. The SMILES string of the molecule is CCNC(=NCc1coc(-c2ccc(C)cc2)n1)NCC1CCN(CCc2ccccc2)C1.I. The summed E-state index contributed by atoms with van der Waals surface area (Å²) in [6, 6.07) is 18.9. The Balaban J connectivity index is 0.00000324. The first-order valence-electron chi connectivity index (χ1n) is 12.0. The van der Waals surface area contributed by atoms with Crippen molar-refractivity contribution in [1.82, 2.24) is 20.5 Å².